The van der Waals surface area contributed by atoms with Crippen LogP contribution in [0.15, 0.2) is 33.5 Å². The molecule has 0 aliphatic rings. The van der Waals surface area contributed by atoms with Gasteiger partial charge in [-0.3, -0.25) is 14.4 Å². The Balaban J connectivity index is 2.46. The van der Waals surface area contributed by atoms with Gasteiger partial charge in [0.05, 0.1) is 0 Å². The first kappa shape index (κ1) is 16.7. The van der Waals surface area contributed by atoms with Crippen molar-refractivity contribution in [3.63, 3.8) is 0 Å². The molecule has 0 spiro atoms. The molecule has 1 aromatic heterocycles. The van der Waals surface area contributed by atoms with E-state index in [0.29, 0.717) is 0 Å². The maximum absolute atomic E-state index is 12.2. The summed E-state index contributed by atoms with van der Waals surface area (Å²) in [5, 5.41) is 21.8. The summed E-state index contributed by atoms with van der Waals surface area (Å²) in [6.45, 7) is 0.987. The van der Waals surface area contributed by atoms with Gasteiger partial charge in [-0.15, -0.1) is 0 Å². The van der Waals surface area contributed by atoms with Crippen LogP contribution in [0.4, 0.5) is 5.69 Å². The van der Waals surface area contributed by atoms with Gasteiger partial charge in [-0.1, -0.05) is 6.07 Å². The maximum Gasteiger partial charge on any atom is 0.353 e. The highest BCUT2D eigenvalue weighted by molar-refractivity contribution is 6.10. The van der Waals surface area contributed by atoms with E-state index in [0.717, 1.165) is 6.92 Å². The Morgan fingerprint density at radius 2 is 1.83 bits per heavy atom. The van der Waals surface area contributed by atoms with Crippen molar-refractivity contribution >= 4 is 23.3 Å². The molecule has 1 aromatic carbocycles. The molecule has 24 heavy (non-hydrogen) atoms. The van der Waals surface area contributed by atoms with Gasteiger partial charge in [-0.05, 0) is 25.1 Å². The van der Waals surface area contributed by atoms with Gasteiger partial charge in [-0.25, -0.2) is 4.79 Å². The smallest absolute Gasteiger partial charge is 0.353 e. The van der Waals surface area contributed by atoms with Crippen molar-refractivity contribution in [3.05, 3.63) is 51.4 Å². The third kappa shape index (κ3) is 3.09. The number of hydrogen-bond acceptors (Lipinski definition) is 7. The molecule has 0 fully saturated rings. The van der Waals surface area contributed by atoms with Gasteiger partial charge in [0.25, 0.3) is 5.91 Å². The van der Waals surface area contributed by atoms with Crippen molar-refractivity contribution in [2.75, 3.05) is 5.32 Å². The summed E-state index contributed by atoms with van der Waals surface area (Å²) >= 11 is 0. The van der Waals surface area contributed by atoms with Crippen LogP contribution in [-0.2, 0) is 0 Å². The molecule has 2 amide bonds. The van der Waals surface area contributed by atoms with E-state index in [9.17, 15) is 29.4 Å². The fourth-order valence-electron chi connectivity index (χ4n) is 1.97. The van der Waals surface area contributed by atoms with Crippen molar-refractivity contribution in [2.24, 2.45) is 5.73 Å². The molecular weight excluding hydrogens is 320 g/mol. The number of nitrogens with one attached hydrogen (secondary N) is 1. The van der Waals surface area contributed by atoms with Gasteiger partial charge in [-0.2, -0.15) is 0 Å². The highest BCUT2D eigenvalue weighted by Gasteiger charge is 2.27. The number of Topliss-reactive ketones (excluding diaryl/α,β-unsaturated/α-hetero) is 1. The van der Waals surface area contributed by atoms with E-state index in [1.807, 2.05) is 0 Å². The van der Waals surface area contributed by atoms with E-state index in [1.54, 1.807) is 0 Å². The number of hydrogen-bond donors (Lipinski definition) is 4. The lowest BCUT2D eigenvalue weighted by Gasteiger charge is -2.09. The van der Waals surface area contributed by atoms with E-state index >= 15 is 0 Å². The summed E-state index contributed by atoms with van der Waals surface area (Å²) in [5.74, 6) is -4.77. The Morgan fingerprint density at radius 1 is 1.17 bits per heavy atom. The monoisotopic (exact) mass is 332 g/mol. The van der Waals surface area contributed by atoms with Crippen molar-refractivity contribution in [3.8, 4) is 11.7 Å². The molecule has 9 nitrogen and oxygen atoms in total. The second-order valence-electron chi connectivity index (χ2n) is 4.75. The fraction of sp³-hybridized carbons (Fsp3) is 0.0667. The minimum atomic E-state index is -1.27. The number of ketones is 1. The Kier molecular flexibility index (Phi) is 4.36. The molecule has 2 rings (SSSR count). The molecule has 5 N–H and O–H groups in total. The SMILES string of the molecule is CC(=O)c1c(O)c(C(=O)Nc2cccc(C(N)=O)c2)c(O)oc1=O. The van der Waals surface area contributed by atoms with Crippen molar-refractivity contribution < 1.29 is 29.0 Å². The zero-order valence-electron chi connectivity index (χ0n) is 12.3. The lowest BCUT2D eigenvalue weighted by atomic mass is 10.1. The summed E-state index contributed by atoms with van der Waals surface area (Å²) in [6, 6.07) is 5.55. The van der Waals surface area contributed by atoms with Gasteiger partial charge in [0, 0.05) is 11.3 Å². The fourth-order valence-corrected chi connectivity index (χ4v) is 1.97. The van der Waals surface area contributed by atoms with Crippen LogP contribution in [0.1, 0.15) is 38.0 Å². The molecule has 0 aliphatic heterocycles. The highest BCUT2D eigenvalue weighted by Crippen LogP contribution is 2.29. The summed E-state index contributed by atoms with van der Waals surface area (Å²) in [6.07, 6.45) is 0. The molecule has 0 saturated heterocycles. The Labute approximate surface area is 134 Å². The Bertz CT molecular complexity index is 915. The van der Waals surface area contributed by atoms with E-state index in [4.69, 9.17) is 5.73 Å². The number of rotatable bonds is 4. The highest BCUT2D eigenvalue weighted by atomic mass is 16.5. The van der Waals surface area contributed by atoms with E-state index in [2.05, 4.69) is 9.73 Å². The number of carbonyl (C=O) groups excluding carboxylic acids is 3. The zero-order chi connectivity index (χ0) is 18.0. The quantitative estimate of drug-likeness (QED) is 0.596. The maximum atomic E-state index is 12.2. The number of nitrogens with two attached hydrogens (primary N) is 1. The first-order valence-electron chi connectivity index (χ1n) is 6.53. The van der Waals surface area contributed by atoms with Gasteiger partial charge in [0.1, 0.15) is 5.56 Å². The summed E-state index contributed by atoms with van der Waals surface area (Å²) in [5.41, 5.74) is 2.55. The number of aromatic hydroxyl groups is 2. The predicted molar refractivity (Wildman–Crippen MR) is 81.2 cm³/mol. The zero-order valence-corrected chi connectivity index (χ0v) is 12.3. The second kappa shape index (κ2) is 6.24. The van der Waals surface area contributed by atoms with E-state index in [1.165, 1.54) is 24.3 Å². The molecule has 0 radical (unpaired) electrons. The molecule has 0 atom stereocenters. The summed E-state index contributed by atoms with van der Waals surface area (Å²) in [7, 11) is 0. The lowest BCUT2D eigenvalue weighted by Crippen LogP contribution is -2.19. The number of amides is 2. The van der Waals surface area contributed by atoms with Crippen LogP contribution in [0.5, 0.6) is 11.7 Å². The third-order valence-electron chi connectivity index (χ3n) is 3.07. The molecular formula is C15H12N2O7. The molecule has 0 unspecified atom stereocenters. The number of primary amides is 1. The average Bonchev–Trinajstić information content (AvgIpc) is 2.46. The molecule has 0 aliphatic carbocycles. The van der Waals surface area contributed by atoms with Gasteiger partial charge >= 0.3 is 11.6 Å². The molecule has 124 valence electrons. The van der Waals surface area contributed by atoms with E-state index < -0.39 is 46.0 Å². The van der Waals surface area contributed by atoms with Crippen molar-refractivity contribution in [1.29, 1.82) is 0 Å². The van der Waals surface area contributed by atoms with Crippen LogP contribution in [0.25, 0.3) is 0 Å². The minimum absolute atomic E-state index is 0.116. The van der Waals surface area contributed by atoms with Crippen LogP contribution in [0.2, 0.25) is 0 Å². The van der Waals surface area contributed by atoms with Crippen LogP contribution >= 0.6 is 0 Å². The lowest BCUT2D eigenvalue weighted by molar-refractivity contribution is 0.0987. The van der Waals surface area contributed by atoms with Crippen LogP contribution in [0, 0.1) is 0 Å². The van der Waals surface area contributed by atoms with Gasteiger partial charge in [0.15, 0.2) is 17.1 Å². The predicted octanol–water partition coefficient (Wildman–Crippen LogP) is 0.605. The van der Waals surface area contributed by atoms with Crippen LogP contribution in [0.3, 0.4) is 0 Å². The molecule has 0 bridgehead atoms. The first-order valence-corrected chi connectivity index (χ1v) is 6.53. The summed E-state index contributed by atoms with van der Waals surface area (Å²) in [4.78, 5) is 46.1. The van der Waals surface area contributed by atoms with Crippen LogP contribution < -0.4 is 16.7 Å². The van der Waals surface area contributed by atoms with Crippen LogP contribution in [-0.4, -0.2) is 27.8 Å². The third-order valence-corrected chi connectivity index (χ3v) is 3.07. The molecule has 0 saturated carbocycles. The van der Waals surface area contributed by atoms with E-state index in [-0.39, 0.29) is 11.3 Å². The number of carbonyl (C=O) groups is 3. The standard InChI is InChI=1S/C15H12N2O7/c1-6(18)9-11(19)10(15(23)24-14(9)22)13(21)17-8-4-2-3-7(5-8)12(16)20/h2-5,19,23H,1H3,(H2,16,20)(H,17,21). The topological polar surface area (TPSA) is 160 Å². The molecule has 1 heterocycles. The van der Waals surface area contributed by atoms with Crippen molar-refractivity contribution in [1.82, 2.24) is 0 Å². The average molecular weight is 332 g/mol. The normalized spacial score (nSPS) is 10.2. The van der Waals surface area contributed by atoms with Gasteiger partial charge in [0.2, 0.25) is 5.91 Å². The largest absolute Gasteiger partial charge is 0.506 e. The summed E-state index contributed by atoms with van der Waals surface area (Å²) < 4.78 is 4.39. The number of anilines is 1. The number of benzene rings is 1. The Hall–Kier alpha value is -3.62. The van der Waals surface area contributed by atoms with Gasteiger partial charge < -0.3 is 25.7 Å². The molecule has 9 heteroatoms. The first-order chi connectivity index (χ1) is 11.2. The minimum Gasteiger partial charge on any atom is -0.506 e. The molecule has 2 aromatic rings. The van der Waals surface area contributed by atoms with Crippen molar-refractivity contribution in [2.45, 2.75) is 6.92 Å². The second-order valence-corrected chi connectivity index (χ2v) is 4.75. The Morgan fingerprint density at radius 3 is 2.42 bits per heavy atom.